The minimum absolute atomic E-state index is 0.0838. The zero-order valence-corrected chi connectivity index (χ0v) is 14.4. The van der Waals surface area contributed by atoms with Gasteiger partial charge in [-0.2, -0.15) is 0 Å². The molecule has 4 nitrogen and oxygen atoms in total. The summed E-state index contributed by atoms with van der Waals surface area (Å²) in [5.41, 5.74) is 0. The fourth-order valence-corrected chi connectivity index (χ4v) is 2.51. The number of hydrogen-bond acceptors (Lipinski definition) is 4. The summed E-state index contributed by atoms with van der Waals surface area (Å²) < 4.78 is 16.4. The van der Waals surface area contributed by atoms with Gasteiger partial charge < -0.3 is 13.9 Å². The molecule has 114 valence electrons. The van der Waals surface area contributed by atoms with Crippen molar-refractivity contribution in [2.45, 2.75) is 58.0 Å². The molecule has 0 saturated heterocycles. The van der Waals surface area contributed by atoms with Crippen molar-refractivity contribution < 1.29 is 18.7 Å². The highest BCUT2D eigenvalue weighted by molar-refractivity contribution is 6.69. The number of unbranched alkanes of at least 4 members (excludes halogenated alkanes) is 2. The molecule has 0 heterocycles. The summed E-state index contributed by atoms with van der Waals surface area (Å²) >= 11 is 0. The van der Waals surface area contributed by atoms with Gasteiger partial charge in [-0.1, -0.05) is 19.3 Å². The second-order valence-corrected chi connectivity index (χ2v) is 9.86. The van der Waals surface area contributed by atoms with Crippen LogP contribution in [0.25, 0.3) is 0 Å². The van der Waals surface area contributed by atoms with Gasteiger partial charge >= 0.3 is 0 Å². The summed E-state index contributed by atoms with van der Waals surface area (Å²) in [4.78, 5) is 10.9. The van der Waals surface area contributed by atoms with E-state index in [1.165, 1.54) is 14.2 Å². The van der Waals surface area contributed by atoms with Crippen LogP contribution in [0.5, 0.6) is 0 Å². The maximum absolute atomic E-state index is 10.9. The molecule has 2 atom stereocenters. The molecule has 0 aromatic heterocycles. The highest BCUT2D eigenvalue weighted by Gasteiger charge is 2.31. The van der Waals surface area contributed by atoms with Gasteiger partial charge in [-0.25, -0.2) is 4.79 Å². The van der Waals surface area contributed by atoms with Gasteiger partial charge in [0.25, 0.3) is 0 Å². The summed E-state index contributed by atoms with van der Waals surface area (Å²) in [6.07, 6.45) is 1.81. The summed E-state index contributed by atoms with van der Waals surface area (Å²) in [6.45, 7) is 8.32. The molecule has 5 heteroatoms. The molecular formula is C15H26O4Si. The van der Waals surface area contributed by atoms with E-state index >= 15 is 0 Å². The minimum atomic E-state index is -1.82. The molecule has 2 unspecified atom stereocenters. The van der Waals surface area contributed by atoms with Gasteiger partial charge in [0, 0.05) is 13.5 Å². The van der Waals surface area contributed by atoms with Gasteiger partial charge in [0.1, 0.15) is 6.10 Å². The highest BCUT2D eigenvalue weighted by atomic mass is 28.4. The van der Waals surface area contributed by atoms with Crippen molar-refractivity contribution >= 4 is 14.3 Å². The van der Waals surface area contributed by atoms with Gasteiger partial charge in [0.2, 0.25) is 5.76 Å². The van der Waals surface area contributed by atoms with Gasteiger partial charge in [-0.3, -0.25) is 0 Å². The lowest BCUT2D eigenvalue weighted by Crippen LogP contribution is -2.40. The molecule has 0 spiro atoms. The molecular weight excluding hydrogens is 272 g/mol. The van der Waals surface area contributed by atoms with Crippen molar-refractivity contribution in [1.29, 1.82) is 0 Å². The van der Waals surface area contributed by atoms with Crippen LogP contribution in [0.2, 0.25) is 19.6 Å². The molecule has 0 amide bonds. The van der Waals surface area contributed by atoms with Crippen LogP contribution in [-0.2, 0) is 18.7 Å². The van der Waals surface area contributed by atoms with Gasteiger partial charge in [0.05, 0.1) is 7.11 Å². The van der Waals surface area contributed by atoms with Crippen LogP contribution >= 0.6 is 0 Å². The summed E-state index contributed by atoms with van der Waals surface area (Å²) in [6, 6.07) is 0. The van der Waals surface area contributed by atoms with Crippen molar-refractivity contribution in [3.05, 3.63) is 5.76 Å². The lowest BCUT2D eigenvalue weighted by Gasteiger charge is -2.28. The van der Waals surface area contributed by atoms with Gasteiger partial charge in [-0.15, -0.1) is 5.92 Å². The summed E-state index contributed by atoms with van der Waals surface area (Å²) in [5, 5.41) is 0. The van der Waals surface area contributed by atoms with Crippen molar-refractivity contribution in [1.82, 2.24) is 0 Å². The molecule has 0 bridgehead atoms. The van der Waals surface area contributed by atoms with Crippen molar-refractivity contribution in [3.8, 4) is 11.8 Å². The van der Waals surface area contributed by atoms with Gasteiger partial charge in [0.15, 0.2) is 20.4 Å². The molecule has 0 aliphatic heterocycles. The first kappa shape index (κ1) is 18.9. The first-order chi connectivity index (χ1) is 9.39. The Morgan fingerprint density at radius 3 is 2.30 bits per heavy atom. The number of ether oxygens (including phenoxy) is 2. The topological polar surface area (TPSA) is 44.8 Å². The third-order valence-corrected chi connectivity index (χ3v) is 3.45. The molecule has 0 aliphatic carbocycles. The fourth-order valence-electron chi connectivity index (χ4n) is 1.57. The third-order valence-electron chi connectivity index (χ3n) is 2.49. The molecule has 0 aliphatic rings. The smallest absolute Gasteiger partial charge is 0.212 e. The van der Waals surface area contributed by atoms with E-state index in [0.29, 0.717) is 0 Å². The Morgan fingerprint density at radius 1 is 1.25 bits per heavy atom. The van der Waals surface area contributed by atoms with E-state index < -0.39 is 20.5 Å². The average Bonchev–Trinajstić information content (AvgIpc) is 2.38. The van der Waals surface area contributed by atoms with Crippen LogP contribution in [0.3, 0.4) is 0 Å². The predicted molar refractivity (Wildman–Crippen MR) is 82.5 cm³/mol. The average molecular weight is 298 g/mol. The zero-order chi connectivity index (χ0) is 15.6. The van der Waals surface area contributed by atoms with Crippen LogP contribution in [0.15, 0.2) is 5.76 Å². The molecule has 0 fully saturated rings. The molecule has 0 N–H and O–H groups in total. The molecule has 0 aromatic carbocycles. The predicted octanol–water partition coefficient (Wildman–Crippen LogP) is 2.78. The lowest BCUT2D eigenvalue weighted by molar-refractivity contribution is 0.0168. The first-order valence-corrected chi connectivity index (χ1v) is 10.3. The van der Waals surface area contributed by atoms with E-state index in [9.17, 15) is 4.79 Å². The Hall–Kier alpha value is -1.05. The molecule has 0 saturated carbocycles. The van der Waals surface area contributed by atoms with E-state index in [4.69, 9.17) is 13.9 Å². The Labute approximate surface area is 123 Å². The largest absolute Gasteiger partial charge is 0.488 e. The van der Waals surface area contributed by atoms with E-state index in [0.717, 1.165) is 19.3 Å². The highest BCUT2D eigenvalue weighted by Crippen LogP contribution is 2.17. The number of hydrogen-bond donors (Lipinski definition) is 0. The van der Waals surface area contributed by atoms with Crippen LogP contribution in [-0.4, -0.2) is 40.7 Å². The second kappa shape index (κ2) is 9.79. The fraction of sp³-hybridized carbons (Fsp3) is 0.733. The minimum Gasteiger partial charge on any atom is -0.488 e. The summed E-state index contributed by atoms with van der Waals surface area (Å²) in [5.74, 6) is 8.01. The van der Waals surface area contributed by atoms with E-state index in [1.54, 1.807) is 5.94 Å². The number of methoxy groups -OCH3 is 2. The Bertz CT molecular complexity index is 383. The third kappa shape index (κ3) is 7.52. The zero-order valence-electron chi connectivity index (χ0n) is 13.4. The van der Waals surface area contributed by atoms with Crippen molar-refractivity contribution in [3.63, 3.8) is 0 Å². The standard InChI is InChI=1S/C15H26O4Si/c1-7-8-9-10-11-13(19-20(4,5)6)15(18-3)14(12-16)17-2/h13,15H,7-9H2,1-6H3. The number of rotatable bonds is 8. The second-order valence-electron chi connectivity index (χ2n) is 5.40. The van der Waals surface area contributed by atoms with Crippen molar-refractivity contribution in [2.24, 2.45) is 0 Å². The molecule has 0 radical (unpaired) electrons. The number of carbonyl (C=O) groups excluding carboxylic acids is 1. The van der Waals surface area contributed by atoms with E-state index in [2.05, 4.69) is 38.4 Å². The van der Waals surface area contributed by atoms with Crippen molar-refractivity contribution in [2.75, 3.05) is 14.2 Å². The maximum atomic E-state index is 10.9. The normalized spacial score (nSPS) is 13.7. The van der Waals surface area contributed by atoms with Crippen LogP contribution in [0.1, 0.15) is 26.2 Å². The van der Waals surface area contributed by atoms with E-state index in [-0.39, 0.29) is 5.76 Å². The van der Waals surface area contributed by atoms with E-state index in [1.807, 2.05) is 0 Å². The van der Waals surface area contributed by atoms with Crippen LogP contribution in [0.4, 0.5) is 0 Å². The monoisotopic (exact) mass is 298 g/mol. The SMILES string of the molecule is CCCCC#CC(O[Si](C)(C)C)C(OC)C(=C=O)OC. The first-order valence-electron chi connectivity index (χ1n) is 6.87. The van der Waals surface area contributed by atoms with Crippen LogP contribution in [0, 0.1) is 11.8 Å². The Balaban J connectivity index is 5.14. The Kier molecular flexibility index (Phi) is 9.27. The maximum Gasteiger partial charge on any atom is 0.212 e. The molecule has 20 heavy (non-hydrogen) atoms. The Morgan fingerprint density at radius 2 is 1.90 bits per heavy atom. The quantitative estimate of drug-likeness (QED) is 0.227. The molecule has 0 rings (SSSR count). The molecule has 0 aromatic rings. The van der Waals surface area contributed by atoms with Gasteiger partial charge in [-0.05, 0) is 26.1 Å². The summed E-state index contributed by atoms with van der Waals surface area (Å²) in [7, 11) is 1.11. The van der Waals surface area contributed by atoms with Crippen LogP contribution < -0.4 is 0 Å². The lowest BCUT2D eigenvalue weighted by atomic mass is 10.1.